The van der Waals surface area contributed by atoms with Crippen LogP contribution in [0.1, 0.15) is 30.2 Å². The summed E-state index contributed by atoms with van der Waals surface area (Å²) >= 11 is 1.64. The van der Waals surface area contributed by atoms with Crippen LogP contribution in [0.25, 0.3) is 0 Å². The van der Waals surface area contributed by atoms with E-state index in [9.17, 15) is 4.79 Å². The molecule has 84 valence electrons. The second kappa shape index (κ2) is 5.82. The van der Waals surface area contributed by atoms with Crippen molar-refractivity contribution in [1.82, 2.24) is 10.3 Å². The van der Waals surface area contributed by atoms with E-state index in [0.29, 0.717) is 13.0 Å². The Morgan fingerprint density at radius 3 is 3.00 bits per heavy atom. The van der Waals surface area contributed by atoms with Crippen molar-refractivity contribution in [2.24, 2.45) is 5.73 Å². The van der Waals surface area contributed by atoms with Gasteiger partial charge in [-0.05, 0) is 13.3 Å². The average Bonchev–Trinajstić information content (AvgIpc) is 2.61. The first-order valence-electron chi connectivity index (χ1n) is 5.07. The normalized spacial score (nSPS) is 12.5. The van der Waals surface area contributed by atoms with Gasteiger partial charge in [0.05, 0.1) is 6.54 Å². The highest BCUT2D eigenvalue weighted by Crippen LogP contribution is 2.12. The molecule has 3 N–H and O–H groups in total. The largest absolute Gasteiger partial charge is 0.350 e. The molecule has 1 aromatic rings. The first kappa shape index (κ1) is 12.1. The Bertz CT molecular complexity index is 322. The number of thiazole rings is 1. The predicted molar refractivity (Wildman–Crippen MR) is 61.6 cm³/mol. The molecule has 15 heavy (non-hydrogen) atoms. The quantitative estimate of drug-likeness (QED) is 0.790. The molecule has 0 spiro atoms. The molecule has 0 saturated heterocycles. The first-order chi connectivity index (χ1) is 7.11. The van der Waals surface area contributed by atoms with Gasteiger partial charge in [0.2, 0.25) is 5.91 Å². The number of hydrogen-bond acceptors (Lipinski definition) is 4. The van der Waals surface area contributed by atoms with Crippen molar-refractivity contribution in [3.8, 4) is 0 Å². The lowest BCUT2D eigenvalue weighted by molar-refractivity contribution is -0.121. The van der Waals surface area contributed by atoms with Gasteiger partial charge in [-0.3, -0.25) is 4.79 Å². The number of nitrogens with one attached hydrogen (secondary N) is 1. The summed E-state index contributed by atoms with van der Waals surface area (Å²) in [7, 11) is 0. The maximum Gasteiger partial charge on any atom is 0.221 e. The Morgan fingerprint density at radius 2 is 2.47 bits per heavy atom. The number of nitrogens with zero attached hydrogens (tertiary/aromatic N) is 1. The molecule has 5 heteroatoms. The van der Waals surface area contributed by atoms with Crippen molar-refractivity contribution in [2.75, 3.05) is 0 Å². The molecule has 1 atom stereocenters. The van der Waals surface area contributed by atoms with Crippen molar-refractivity contribution in [3.05, 3.63) is 16.1 Å². The summed E-state index contributed by atoms with van der Waals surface area (Å²) < 4.78 is 0. The van der Waals surface area contributed by atoms with Crippen LogP contribution >= 0.6 is 11.3 Å². The zero-order valence-corrected chi connectivity index (χ0v) is 9.93. The number of aryl methyl sites for hydroxylation is 1. The van der Waals surface area contributed by atoms with Gasteiger partial charge < -0.3 is 11.1 Å². The van der Waals surface area contributed by atoms with E-state index < -0.39 is 0 Å². The third-order valence-electron chi connectivity index (χ3n) is 1.89. The van der Waals surface area contributed by atoms with Gasteiger partial charge in [0.15, 0.2) is 0 Å². The highest BCUT2D eigenvalue weighted by atomic mass is 32.1. The van der Waals surface area contributed by atoms with E-state index in [2.05, 4.69) is 17.2 Å². The van der Waals surface area contributed by atoms with Crippen molar-refractivity contribution in [1.29, 1.82) is 0 Å². The molecule has 1 amide bonds. The van der Waals surface area contributed by atoms with Crippen LogP contribution in [0, 0.1) is 0 Å². The Morgan fingerprint density at radius 1 is 1.73 bits per heavy atom. The van der Waals surface area contributed by atoms with Crippen LogP contribution < -0.4 is 11.1 Å². The highest BCUT2D eigenvalue weighted by molar-refractivity contribution is 7.11. The van der Waals surface area contributed by atoms with Crippen LogP contribution in [0.3, 0.4) is 0 Å². The first-order valence-corrected chi connectivity index (χ1v) is 5.89. The number of aromatic nitrogens is 1. The monoisotopic (exact) mass is 227 g/mol. The minimum absolute atomic E-state index is 0.0155. The Hall–Kier alpha value is -0.940. The molecule has 1 aromatic heterocycles. The highest BCUT2D eigenvalue weighted by Gasteiger charge is 2.06. The van der Waals surface area contributed by atoms with Crippen LogP contribution in [-0.4, -0.2) is 16.9 Å². The van der Waals surface area contributed by atoms with E-state index in [1.807, 2.05) is 13.1 Å². The van der Waals surface area contributed by atoms with Gasteiger partial charge >= 0.3 is 0 Å². The minimum atomic E-state index is -0.0903. The molecule has 1 unspecified atom stereocenters. The lowest BCUT2D eigenvalue weighted by Gasteiger charge is -2.04. The molecule has 0 fully saturated rings. The smallest absolute Gasteiger partial charge is 0.221 e. The van der Waals surface area contributed by atoms with Gasteiger partial charge in [-0.1, -0.05) is 6.92 Å². The maximum atomic E-state index is 11.3. The SMILES string of the molecule is CCc1cnc(CNC(=O)CC(C)N)s1. The number of nitrogens with two attached hydrogens (primary N) is 1. The van der Waals surface area contributed by atoms with Gasteiger partial charge in [0.1, 0.15) is 5.01 Å². The van der Waals surface area contributed by atoms with Crippen molar-refractivity contribution >= 4 is 17.2 Å². The van der Waals surface area contributed by atoms with Crippen LogP contribution in [0.4, 0.5) is 0 Å². The molecule has 1 rings (SSSR count). The van der Waals surface area contributed by atoms with Crippen molar-refractivity contribution < 1.29 is 4.79 Å². The van der Waals surface area contributed by atoms with Crippen LogP contribution in [0.2, 0.25) is 0 Å². The summed E-state index contributed by atoms with van der Waals surface area (Å²) in [4.78, 5) is 16.7. The van der Waals surface area contributed by atoms with E-state index in [4.69, 9.17) is 5.73 Å². The third-order valence-corrected chi connectivity index (χ3v) is 3.04. The fraction of sp³-hybridized carbons (Fsp3) is 0.600. The van der Waals surface area contributed by atoms with Crippen molar-refractivity contribution in [2.45, 2.75) is 39.3 Å². The van der Waals surface area contributed by atoms with Gasteiger partial charge in [-0.2, -0.15) is 0 Å². The average molecular weight is 227 g/mol. The Labute approximate surface area is 93.9 Å². The maximum absolute atomic E-state index is 11.3. The second-order valence-corrected chi connectivity index (χ2v) is 4.73. The molecule has 0 aliphatic heterocycles. The second-order valence-electron chi connectivity index (χ2n) is 3.53. The summed E-state index contributed by atoms with van der Waals surface area (Å²) in [6.07, 6.45) is 3.22. The van der Waals surface area contributed by atoms with Crippen molar-refractivity contribution in [3.63, 3.8) is 0 Å². The van der Waals surface area contributed by atoms with E-state index >= 15 is 0 Å². The fourth-order valence-electron chi connectivity index (χ4n) is 1.13. The Kier molecular flexibility index (Phi) is 4.71. The van der Waals surface area contributed by atoms with E-state index in [1.54, 1.807) is 11.3 Å². The fourth-order valence-corrected chi connectivity index (χ4v) is 1.93. The van der Waals surface area contributed by atoms with Gasteiger partial charge in [-0.25, -0.2) is 4.98 Å². The lowest BCUT2D eigenvalue weighted by atomic mass is 10.2. The van der Waals surface area contributed by atoms with Crippen LogP contribution in [-0.2, 0) is 17.8 Å². The number of rotatable bonds is 5. The summed E-state index contributed by atoms with van der Waals surface area (Å²) in [5.41, 5.74) is 5.51. The zero-order valence-electron chi connectivity index (χ0n) is 9.12. The molecular formula is C10H17N3OS. The van der Waals surface area contributed by atoms with Gasteiger partial charge in [-0.15, -0.1) is 11.3 Å². The van der Waals surface area contributed by atoms with Crippen LogP contribution in [0.5, 0.6) is 0 Å². The van der Waals surface area contributed by atoms with Gasteiger partial charge in [0, 0.05) is 23.5 Å². The standard InChI is InChI=1S/C10H17N3OS/c1-3-8-5-13-10(15-8)6-12-9(14)4-7(2)11/h5,7H,3-4,6,11H2,1-2H3,(H,12,14). The summed E-state index contributed by atoms with van der Waals surface area (Å²) in [5.74, 6) is -0.0155. The summed E-state index contributed by atoms with van der Waals surface area (Å²) in [6, 6.07) is -0.0903. The van der Waals surface area contributed by atoms with Gasteiger partial charge in [0.25, 0.3) is 0 Å². The third kappa shape index (κ3) is 4.40. The molecule has 0 radical (unpaired) electrons. The lowest BCUT2D eigenvalue weighted by Crippen LogP contribution is -2.29. The summed E-state index contributed by atoms with van der Waals surface area (Å²) in [5, 5.41) is 3.75. The molecule has 1 heterocycles. The molecule has 0 aliphatic carbocycles. The number of amides is 1. The molecule has 4 nitrogen and oxygen atoms in total. The molecule has 0 aliphatic rings. The summed E-state index contributed by atoms with van der Waals surface area (Å²) in [6.45, 7) is 4.42. The van der Waals surface area contributed by atoms with E-state index in [-0.39, 0.29) is 11.9 Å². The molecule has 0 saturated carbocycles. The van der Waals surface area contributed by atoms with Crippen LogP contribution in [0.15, 0.2) is 6.20 Å². The van der Waals surface area contributed by atoms with E-state index in [0.717, 1.165) is 11.4 Å². The predicted octanol–water partition coefficient (Wildman–Crippen LogP) is 1.06. The molecular weight excluding hydrogens is 210 g/mol. The topological polar surface area (TPSA) is 68.0 Å². The number of carbonyl (C=O) groups excluding carboxylic acids is 1. The molecule has 0 aromatic carbocycles. The number of hydrogen-bond donors (Lipinski definition) is 2. The molecule has 0 bridgehead atoms. The Balaban J connectivity index is 2.33. The number of carbonyl (C=O) groups is 1. The minimum Gasteiger partial charge on any atom is -0.350 e. The van der Waals surface area contributed by atoms with E-state index in [1.165, 1.54) is 4.88 Å². The zero-order chi connectivity index (χ0) is 11.3.